The lowest BCUT2D eigenvalue weighted by Gasteiger charge is -2.37. The summed E-state index contributed by atoms with van der Waals surface area (Å²) in [7, 11) is 0. The van der Waals surface area contributed by atoms with Gasteiger partial charge in [-0.15, -0.1) is 0 Å². The molecule has 1 aliphatic rings. The van der Waals surface area contributed by atoms with Gasteiger partial charge in [-0.3, -0.25) is 4.90 Å². The minimum Gasteiger partial charge on any atom is -0.373 e. The molecule has 0 aromatic heterocycles. The average molecular weight is 262 g/mol. The molecule has 102 valence electrons. The van der Waals surface area contributed by atoms with Gasteiger partial charge < -0.3 is 4.74 Å². The molecule has 2 rings (SSSR count). The predicted octanol–water partition coefficient (Wildman–Crippen LogP) is 2.81. The fraction of sp³-hybridized carbons (Fsp3) is 0.533. The van der Waals surface area contributed by atoms with Gasteiger partial charge in [-0.05, 0) is 38.0 Å². The van der Waals surface area contributed by atoms with Crippen LogP contribution in [0.3, 0.4) is 0 Å². The van der Waals surface area contributed by atoms with E-state index in [1.165, 1.54) is 6.07 Å². The first-order chi connectivity index (χ1) is 9.01. The number of aryl methyl sites for hydroxylation is 1. The molecule has 0 spiro atoms. The predicted molar refractivity (Wildman–Crippen MR) is 71.1 cm³/mol. The summed E-state index contributed by atoms with van der Waals surface area (Å²) < 4.78 is 19.0. The third-order valence-electron chi connectivity index (χ3n) is 3.43. The van der Waals surface area contributed by atoms with Gasteiger partial charge >= 0.3 is 0 Å². The normalized spacial score (nSPS) is 25.8. The summed E-state index contributed by atoms with van der Waals surface area (Å²) in [5.74, 6) is -0.232. The van der Waals surface area contributed by atoms with E-state index in [0.717, 1.165) is 18.7 Å². The van der Waals surface area contributed by atoms with E-state index in [1.54, 1.807) is 19.1 Å². The van der Waals surface area contributed by atoms with Crippen LogP contribution >= 0.6 is 0 Å². The molecule has 1 aromatic rings. The summed E-state index contributed by atoms with van der Waals surface area (Å²) in [4.78, 5) is 2.10. The molecular formula is C15H19FN2O. The molecule has 19 heavy (non-hydrogen) atoms. The van der Waals surface area contributed by atoms with Crippen molar-refractivity contribution < 1.29 is 9.13 Å². The molecule has 1 saturated heterocycles. The number of halogens is 1. The maximum Gasteiger partial charge on any atom is 0.126 e. The molecule has 3 unspecified atom stereocenters. The molecule has 0 radical (unpaired) electrons. The van der Waals surface area contributed by atoms with Crippen molar-refractivity contribution in [2.45, 2.75) is 39.0 Å². The average Bonchev–Trinajstić information content (AvgIpc) is 2.33. The molecule has 1 aliphatic heterocycles. The Morgan fingerprint density at radius 3 is 2.53 bits per heavy atom. The van der Waals surface area contributed by atoms with Gasteiger partial charge in [0.25, 0.3) is 0 Å². The minimum absolute atomic E-state index is 0.112. The second-order valence-electron chi connectivity index (χ2n) is 5.25. The number of hydrogen-bond acceptors (Lipinski definition) is 3. The molecule has 0 saturated carbocycles. The van der Waals surface area contributed by atoms with E-state index in [1.807, 2.05) is 13.8 Å². The van der Waals surface area contributed by atoms with Gasteiger partial charge in [0.1, 0.15) is 11.9 Å². The zero-order chi connectivity index (χ0) is 14.0. The Morgan fingerprint density at radius 2 is 2.00 bits per heavy atom. The van der Waals surface area contributed by atoms with Crippen molar-refractivity contribution in [1.82, 2.24) is 4.90 Å². The molecule has 1 heterocycles. The fourth-order valence-corrected chi connectivity index (χ4v) is 2.63. The minimum atomic E-state index is -0.340. The van der Waals surface area contributed by atoms with Crippen LogP contribution < -0.4 is 0 Å². The number of hydrogen-bond donors (Lipinski definition) is 0. The molecule has 4 heteroatoms. The van der Waals surface area contributed by atoms with Crippen LogP contribution in [0.4, 0.5) is 4.39 Å². The Kier molecular flexibility index (Phi) is 4.18. The maximum absolute atomic E-state index is 13.3. The van der Waals surface area contributed by atoms with Crippen molar-refractivity contribution in [2.24, 2.45) is 0 Å². The summed E-state index contributed by atoms with van der Waals surface area (Å²) >= 11 is 0. The Morgan fingerprint density at radius 1 is 1.37 bits per heavy atom. The van der Waals surface area contributed by atoms with Crippen LogP contribution in [0.25, 0.3) is 0 Å². The third-order valence-corrected chi connectivity index (χ3v) is 3.43. The molecule has 0 aliphatic carbocycles. The van der Waals surface area contributed by atoms with Crippen molar-refractivity contribution in [3.63, 3.8) is 0 Å². The summed E-state index contributed by atoms with van der Waals surface area (Å²) in [5, 5.41) is 9.44. The van der Waals surface area contributed by atoms with E-state index in [0.29, 0.717) is 5.56 Å². The molecule has 1 fully saturated rings. The number of morpholine rings is 1. The second-order valence-corrected chi connectivity index (χ2v) is 5.25. The van der Waals surface area contributed by atoms with Gasteiger partial charge in [0, 0.05) is 13.1 Å². The number of nitrogens with zero attached hydrogens (tertiary/aromatic N) is 2. The number of benzene rings is 1. The summed E-state index contributed by atoms with van der Waals surface area (Å²) in [6, 6.07) is 6.87. The van der Waals surface area contributed by atoms with Crippen LogP contribution in [0.15, 0.2) is 18.2 Å². The van der Waals surface area contributed by atoms with Crippen LogP contribution in [0.5, 0.6) is 0 Å². The van der Waals surface area contributed by atoms with Gasteiger partial charge in [-0.25, -0.2) is 4.39 Å². The lowest BCUT2D eigenvalue weighted by atomic mass is 10.0. The van der Waals surface area contributed by atoms with Gasteiger partial charge in [0.2, 0.25) is 0 Å². The molecule has 0 amide bonds. The first kappa shape index (κ1) is 14.0. The van der Waals surface area contributed by atoms with Crippen molar-refractivity contribution in [2.75, 3.05) is 13.1 Å². The third kappa shape index (κ3) is 3.12. The first-order valence-corrected chi connectivity index (χ1v) is 6.56. The standard InChI is InChI=1S/C15H19FN2O/c1-10-6-13(4-5-14(10)16)15(7-17)18-8-11(2)19-12(3)9-18/h4-6,11-12,15H,8-9H2,1-3H3. The summed E-state index contributed by atoms with van der Waals surface area (Å²) in [6.07, 6.45) is 0.224. The molecule has 3 nitrogen and oxygen atoms in total. The molecule has 0 bridgehead atoms. The second kappa shape index (κ2) is 5.68. The quantitative estimate of drug-likeness (QED) is 0.822. The zero-order valence-electron chi connectivity index (χ0n) is 11.6. The van der Waals surface area contributed by atoms with E-state index < -0.39 is 0 Å². The monoisotopic (exact) mass is 262 g/mol. The highest BCUT2D eigenvalue weighted by molar-refractivity contribution is 5.30. The number of rotatable bonds is 2. The molecule has 3 atom stereocenters. The van der Waals surface area contributed by atoms with Crippen LogP contribution in [0.1, 0.15) is 31.0 Å². The maximum atomic E-state index is 13.3. The Balaban J connectivity index is 2.24. The molecule has 1 aromatic carbocycles. The largest absolute Gasteiger partial charge is 0.373 e. The van der Waals surface area contributed by atoms with Crippen molar-refractivity contribution in [1.29, 1.82) is 5.26 Å². The fourth-order valence-electron chi connectivity index (χ4n) is 2.63. The number of ether oxygens (including phenoxy) is 1. The molecule has 0 N–H and O–H groups in total. The van der Waals surface area contributed by atoms with E-state index in [4.69, 9.17) is 4.74 Å². The van der Waals surface area contributed by atoms with E-state index in [2.05, 4.69) is 11.0 Å². The SMILES string of the molecule is Cc1cc(C(C#N)N2CC(C)OC(C)C2)ccc1F. The Hall–Kier alpha value is -1.44. The smallest absolute Gasteiger partial charge is 0.126 e. The Bertz CT molecular complexity index is 487. The Labute approximate surface area is 113 Å². The van der Waals surface area contributed by atoms with E-state index in [9.17, 15) is 9.65 Å². The van der Waals surface area contributed by atoms with Crippen LogP contribution in [0, 0.1) is 24.1 Å². The topological polar surface area (TPSA) is 36.3 Å². The lowest BCUT2D eigenvalue weighted by Crippen LogP contribution is -2.46. The van der Waals surface area contributed by atoms with Crippen LogP contribution in [0.2, 0.25) is 0 Å². The highest BCUT2D eigenvalue weighted by Gasteiger charge is 2.29. The lowest BCUT2D eigenvalue weighted by molar-refractivity contribution is -0.0750. The van der Waals surface area contributed by atoms with Crippen molar-refractivity contribution >= 4 is 0 Å². The summed E-state index contributed by atoms with van der Waals surface area (Å²) in [5.41, 5.74) is 1.43. The number of nitriles is 1. The highest BCUT2D eigenvalue weighted by atomic mass is 19.1. The van der Waals surface area contributed by atoms with E-state index in [-0.39, 0.29) is 24.1 Å². The van der Waals surface area contributed by atoms with Crippen LogP contribution in [-0.4, -0.2) is 30.2 Å². The zero-order valence-corrected chi connectivity index (χ0v) is 11.6. The van der Waals surface area contributed by atoms with Gasteiger partial charge in [-0.2, -0.15) is 5.26 Å². The van der Waals surface area contributed by atoms with Gasteiger partial charge in [-0.1, -0.05) is 12.1 Å². The highest BCUT2D eigenvalue weighted by Crippen LogP contribution is 2.25. The van der Waals surface area contributed by atoms with Crippen molar-refractivity contribution in [3.8, 4) is 6.07 Å². The van der Waals surface area contributed by atoms with Gasteiger partial charge in [0.15, 0.2) is 0 Å². The summed E-state index contributed by atoms with van der Waals surface area (Å²) in [6.45, 7) is 7.18. The van der Waals surface area contributed by atoms with Crippen LogP contribution in [-0.2, 0) is 4.74 Å². The van der Waals surface area contributed by atoms with Gasteiger partial charge in [0.05, 0.1) is 18.3 Å². The van der Waals surface area contributed by atoms with E-state index >= 15 is 0 Å². The molecular weight excluding hydrogens is 243 g/mol. The first-order valence-electron chi connectivity index (χ1n) is 6.56. The van der Waals surface area contributed by atoms with Crippen molar-refractivity contribution in [3.05, 3.63) is 35.1 Å².